The summed E-state index contributed by atoms with van der Waals surface area (Å²) in [6, 6.07) is 14.2. The Hall–Kier alpha value is -1.83. The van der Waals surface area contributed by atoms with Crippen molar-refractivity contribution in [2.75, 3.05) is 26.2 Å². The number of hydrogen-bond donors (Lipinski definition) is 0. The van der Waals surface area contributed by atoms with E-state index in [0.717, 1.165) is 6.54 Å². The third kappa shape index (κ3) is 4.87. The highest BCUT2D eigenvalue weighted by atomic mass is 32.1. The molecule has 0 amide bonds. The van der Waals surface area contributed by atoms with Gasteiger partial charge in [-0.2, -0.15) is 5.26 Å². The van der Waals surface area contributed by atoms with Crippen molar-refractivity contribution in [2.24, 2.45) is 5.92 Å². The predicted octanol–water partition coefficient (Wildman–Crippen LogP) is 5.29. The first-order chi connectivity index (χ1) is 12.8. The lowest BCUT2D eigenvalue weighted by Gasteiger charge is -2.38. The van der Waals surface area contributed by atoms with Crippen LogP contribution in [-0.4, -0.2) is 31.1 Å². The van der Waals surface area contributed by atoms with Gasteiger partial charge in [-0.15, -0.1) is 11.3 Å². The Bertz CT molecular complexity index is 707. The fraction of sp³-hybridized carbons (Fsp3) is 0.500. The molecule has 0 unspecified atom stereocenters. The monoisotopic (exact) mass is 368 g/mol. The molecule has 1 aliphatic heterocycles. The van der Waals surface area contributed by atoms with Crippen molar-refractivity contribution in [1.29, 1.82) is 5.26 Å². The van der Waals surface area contributed by atoms with E-state index < -0.39 is 0 Å². The summed E-state index contributed by atoms with van der Waals surface area (Å²) in [6.45, 7) is 6.38. The zero-order chi connectivity index (χ0) is 18.2. The van der Waals surface area contributed by atoms with E-state index in [2.05, 4.69) is 35.4 Å². The standard InChI is InChI=1S/C22H28N2OS/c1-2-3-6-12-24-13-11-20(22-10-7-14-26-22)19(16-24)17-25-21-9-5-4-8-18(21)15-23/h4-5,7-10,14,19-20H,2-3,6,11-13,16-17H2,1H3/t19-,20+/m0/s1. The summed E-state index contributed by atoms with van der Waals surface area (Å²) in [7, 11) is 0. The maximum absolute atomic E-state index is 9.28. The van der Waals surface area contributed by atoms with Crippen molar-refractivity contribution in [3.63, 3.8) is 0 Å². The number of unbranched alkanes of at least 4 members (excludes halogenated alkanes) is 2. The molecule has 3 rings (SSSR count). The second-order valence-corrected chi connectivity index (χ2v) is 8.08. The first-order valence-corrected chi connectivity index (χ1v) is 10.6. The Balaban J connectivity index is 1.67. The fourth-order valence-corrected chi connectivity index (χ4v) is 4.78. The molecule has 3 nitrogen and oxygen atoms in total. The van der Waals surface area contributed by atoms with Gasteiger partial charge in [-0.3, -0.25) is 0 Å². The number of rotatable bonds is 8. The van der Waals surface area contributed by atoms with Gasteiger partial charge < -0.3 is 9.64 Å². The maximum Gasteiger partial charge on any atom is 0.137 e. The van der Waals surface area contributed by atoms with E-state index in [9.17, 15) is 5.26 Å². The third-order valence-corrected chi connectivity index (χ3v) is 6.27. The highest BCUT2D eigenvalue weighted by Crippen LogP contribution is 2.36. The number of nitrogens with zero attached hydrogens (tertiary/aromatic N) is 2. The summed E-state index contributed by atoms with van der Waals surface area (Å²) in [6.07, 6.45) is 5.05. The number of nitriles is 1. The topological polar surface area (TPSA) is 36.3 Å². The van der Waals surface area contributed by atoms with Gasteiger partial charge in [-0.05, 0) is 49.5 Å². The van der Waals surface area contributed by atoms with E-state index in [-0.39, 0.29) is 0 Å². The Morgan fingerprint density at radius 3 is 2.88 bits per heavy atom. The Kier molecular flexibility index (Phi) is 7.11. The van der Waals surface area contributed by atoms with Gasteiger partial charge >= 0.3 is 0 Å². The van der Waals surface area contributed by atoms with E-state index in [1.807, 2.05) is 35.6 Å². The summed E-state index contributed by atoms with van der Waals surface area (Å²) < 4.78 is 6.13. The summed E-state index contributed by atoms with van der Waals surface area (Å²) >= 11 is 1.86. The normalized spacial score (nSPS) is 20.6. The number of ether oxygens (including phenoxy) is 1. The van der Waals surface area contributed by atoms with Gasteiger partial charge in [0.1, 0.15) is 11.8 Å². The molecular formula is C22H28N2OS. The minimum atomic E-state index is 0.468. The number of thiophene rings is 1. The number of benzene rings is 1. The third-order valence-electron chi connectivity index (χ3n) is 5.27. The molecule has 2 heterocycles. The van der Waals surface area contributed by atoms with Gasteiger partial charge in [-0.25, -0.2) is 0 Å². The molecule has 1 aromatic heterocycles. The van der Waals surface area contributed by atoms with Gasteiger partial charge in [0.25, 0.3) is 0 Å². The molecule has 26 heavy (non-hydrogen) atoms. The van der Waals surface area contributed by atoms with Crippen LogP contribution < -0.4 is 4.74 Å². The average molecular weight is 369 g/mol. The van der Waals surface area contributed by atoms with E-state index >= 15 is 0 Å². The molecule has 1 aromatic carbocycles. The first-order valence-electron chi connectivity index (χ1n) is 9.69. The van der Waals surface area contributed by atoms with Crippen molar-refractivity contribution < 1.29 is 4.74 Å². The highest BCUT2D eigenvalue weighted by molar-refractivity contribution is 7.10. The van der Waals surface area contributed by atoms with Crippen LogP contribution in [0.25, 0.3) is 0 Å². The van der Waals surface area contributed by atoms with E-state index in [1.54, 1.807) is 0 Å². The summed E-state index contributed by atoms with van der Waals surface area (Å²) in [5.74, 6) is 1.74. The van der Waals surface area contributed by atoms with E-state index in [0.29, 0.717) is 29.8 Å². The molecule has 2 aromatic rings. The quantitative estimate of drug-likeness (QED) is 0.594. The number of hydrogen-bond acceptors (Lipinski definition) is 4. The molecule has 1 saturated heterocycles. The lowest BCUT2D eigenvalue weighted by Crippen LogP contribution is -2.42. The summed E-state index contributed by atoms with van der Waals surface area (Å²) in [5.41, 5.74) is 0.621. The van der Waals surface area contributed by atoms with Crippen LogP contribution in [0.3, 0.4) is 0 Å². The molecule has 138 valence electrons. The maximum atomic E-state index is 9.28. The molecule has 4 heteroatoms. The van der Waals surface area contributed by atoms with E-state index in [1.165, 1.54) is 43.6 Å². The molecule has 1 aliphatic rings. The van der Waals surface area contributed by atoms with Crippen molar-refractivity contribution in [1.82, 2.24) is 4.90 Å². The zero-order valence-electron chi connectivity index (χ0n) is 15.6. The molecule has 0 saturated carbocycles. The van der Waals surface area contributed by atoms with Gasteiger partial charge in [0.15, 0.2) is 0 Å². The van der Waals surface area contributed by atoms with Crippen LogP contribution in [0, 0.1) is 17.2 Å². The Morgan fingerprint density at radius 2 is 2.12 bits per heavy atom. The Morgan fingerprint density at radius 1 is 1.23 bits per heavy atom. The van der Waals surface area contributed by atoms with Crippen LogP contribution in [-0.2, 0) is 0 Å². The van der Waals surface area contributed by atoms with Crippen LogP contribution in [0.2, 0.25) is 0 Å². The molecule has 0 radical (unpaired) electrons. The lowest BCUT2D eigenvalue weighted by atomic mass is 9.84. The molecule has 1 fully saturated rings. The van der Waals surface area contributed by atoms with Crippen LogP contribution in [0.4, 0.5) is 0 Å². The van der Waals surface area contributed by atoms with Gasteiger partial charge in [0, 0.05) is 23.3 Å². The summed E-state index contributed by atoms with van der Waals surface area (Å²) in [4.78, 5) is 4.07. The van der Waals surface area contributed by atoms with Gasteiger partial charge in [-0.1, -0.05) is 38.0 Å². The largest absolute Gasteiger partial charge is 0.492 e. The SMILES string of the molecule is CCCCCN1CC[C@@H](c2cccs2)[C@H](COc2ccccc2C#N)C1. The first kappa shape index (κ1) is 18.9. The lowest BCUT2D eigenvalue weighted by molar-refractivity contribution is 0.110. The van der Waals surface area contributed by atoms with Gasteiger partial charge in [0.2, 0.25) is 0 Å². The Labute approximate surface area is 161 Å². The second-order valence-electron chi connectivity index (χ2n) is 7.10. The molecular weight excluding hydrogens is 340 g/mol. The number of para-hydroxylation sites is 1. The zero-order valence-corrected chi connectivity index (χ0v) is 16.4. The van der Waals surface area contributed by atoms with Crippen LogP contribution in [0.5, 0.6) is 5.75 Å². The van der Waals surface area contributed by atoms with Crippen molar-refractivity contribution in [2.45, 2.75) is 38.5 Å². The smallest absolute Gasteiger partial charge is 0.137 e. The van der Waals surface area contributed by atoms with Crippen LogP contribution >= 0.6 is 11.3 Å². The van der Waals surface area contributed by atoms with Crippen LogP contribution in [0.1, 0.15) is 49.0 Å². The summed E-state index contributed by atoms with van der Waals surface area (Å²) in [5, 5.41) is 11.5. The van der Waals surface area contributed by atoms with Crippen LogP contribution in [0.15, 0.2) is 41.8 Å². The highest BCUT2D eigenvalue weighted by Gasteiger charge is 2.31. The van der Waals surface area contributed by atoms with Gasteiger partial charge in [0.05, 0.1) is 12.2 Å². The minimum absolute atomic E-state index is 0.468. The molecule has 0 N–H and O–H groups in total. The van der Waals surface area contributed by atoms with Crippen molar-refractivity contribution in [3.8, 4) is 11.8 Å². The minimum Gasteiger partial charge on any atom is -0.492 e. The number of piperidine rings is 1. The van der Waals surface area contributed by atoms with Crippen molar-refractivity contribution in [3.05, 3.63) is 52.2 Å². The number of likely N-dealkylation sites (tertiary alicyclic amines) is 1. The molecule has 0 spiro atoms. The average Bonchev–Trinajstić information content (AvgIpc) is 3.21. The van der Waals surface area contributed by atoms with E-state index in [4.69, 9.17) is 4.74 Å². The second kappa shape index (κ2) is 9.75. The molecule has 0 bridgehead atoms. The predicted molar refractivity (Wildman–Crippen MR) is 108 cm³/mol. The fourth-order valence-electron chi connectivity index (χ4n) is 3.82. The molecule has 2 atom stereocenters. The van der Waals surface area contributed by atoms with Crippen molar-refractivity contribution >= 4 is 11.3 Å². The molecule has 0 aliphatic carbocycles.